The van der Waals surface area contributed by atoms with E-state index in [1.807, 2.05) is 30.3 Å². The average Bonchev–Trinajstić information content (AvgIpc) is 3.10. The van der Waals surface area contributed by atoms with E-state index in [-0.39, 0.29) is 0 Å². The summed E-state index contributed by atoms with van der Waals surface area (Å²) in [5, 5.41) is 12.0. The van der Waals surface area contributed by atoms with Gasteiger partial charge in [0.1, 0.15) is 0 Å². The molecule has 1 saturated heterocycles. The molecule has 27 heavy (non-hydrogen) atoms. The summed E-state index contributed by atoms with van der Waals surface area (Å²) in [5.41, 5.74) is 4.25. The highest BCUT2D eigenvalue weighted by Gasteiger charge is 2.47. The van der Waals surface area contributed by atoms with Gasteiger partial charge in [-0.3, -0.25) is 5.43 Å². The third kappa shape index (κ3) is 3.89. The van der Waals surface area contributed by atoms with Crippen molar-refractivity contribution < 1.29 is 19.1 Å². The van der Waals surface area contributed by atoms with Crippen LogP contribution >= 0.6 is 0 Å². The van der Waals surface area contributed by atoms with Crippen LogP contribution in [0.25, 0.3) is 0 Å². The van der Waals surface area contributed by atoms with Gasteiger partial charge in [0.2, 0.25) is 0 Å². The van der Waals surface area contributed by atoms with Gasteiger partial charge in [0, 0.05) is 25.7 Å². The zero-order valence-electron chi connectivity index (χ0n) is 14.8. The largest absolute Gasteiger partial charge is 0.417 e. The number of hydrazone groups is 1. The van der Waals surface area contributed by atoms with Crippen LogP contribution in [0.5, 0.6) is 0 Å². The van der Waals surface area contributed by atoms with Gasteiger partial charge >= 0.3 is 11.9 Å². The number of ether oxygens (including phenoxy) is 2. The zero-order valence-corrected chi connectivity index (χ0v) is 14.8. The summed E-state index contributed by atoms with van der Waals surface area (Å²) in [6.07, 6.45) is 5.00. The van der Waals surface area contributed by atoms with Crippen molar-refractivity contribution in [2.75, 3.05) is 0 Å². The highest BCUT2D eigenvalue weighted by atomic mass is 16.7. The van der Waals surface area contributed by atoms with E-state index in [4.69, 9.17) is 9.47 Å². The van der Waals surface area contributed by atoms with Gasteiger partial charge in [0.15, 0.2) is 5.84 Å². The summed E-state index contributed by atoms with van der Waals surface area (Å²) in [6, 6.07) is 9.93. The summed E-state index contributed by atoms with van der Waals surface area (Å²) in [4.78, 5) is 24.5. The molecule has 1 aromatic rings. The fourth-order valence-electron chi connectivity index (χ4n) is 3.43. The molecule has 140 valence electrons. The van der Waals surface area contributed by atoms with Gasteiger partial charge < -0.3 is 9.47 Å². The lowest BCUT2D eigenvalue weighted by molar-refractivity contribution is -0.237. The van der Waals surface area contributed by atoms with E-state index >= 15 is 0 Å². The first-order valence-corrected chi connectivity index (χ1v) is 9.10. The number of hydrogen-bond donors (Lipinski definition) is 1. The molecule has 0 aromatic heterocycles. The van der Waals surface area contributed by atoms with Gasteiger partial charge in [-0.05, 0) is 18.4 Å². The van der Waals surface area contributed by atoms with E-state index in [0.717, 1.165) is 30.5 Å². The first-order valence-electron chi connectivity index (χ1n) is 9.10. The molecule has 2 aliphatic heterocycles. The molecule has 0 radical (unpaired) electrons. The Morgan fingerprint density at radius 3 is 2.41 bits per heavy atom. The highest BCUT2D eigenvalue weighted by Crippen LogP contribution is 2.35. The van der Waals surface area contributed by atoms with Crippen molar-refractivity contribution in [1.29, 1.82) is 0 Å². The summed E-state index contributed by atoms with van der Waals surface area (Å²) in [5.74, 6) is -2.16. The van der Waals surface area contributed by atoms with Crippen LogP contribution in [-0.2, 0) is 25.5 Å². The molecule has 2 heterocycles. The third-order valence-corrected chi connectivity index (χ3v) is 4.79. The lowest BCUT2D eigenvalue weighted by Gasteiger charge is -2.38. The monoisotopic (exact) mass is 368 g/mol. The molecule has 1 aromatic carbocycles. The van der Waals surface area contributed by atoms with Crippen LogP contribution < -0.4 is 5.43 Å². The van der Waals surface area contributed by atoms with Gasteiger partial charge in [0.25, 0.3) is 11.5 Å². The summed E-state index contributed by atoms with van der Waals surface area (Å²) >= 11 is 0. The van der Waals surface area contributed by atoms with Crippen LogP contribution in [0.2, 0.25) is 0 Å². The summed E-state index contributed by atoms with van der Waals surface area (Å²) < 4.78 is 10.8. The predicted octanol–water partition coefficient (Wildman–Crippen LogP) is 2.09. The fourth-order valence-corrected chi connectivity index (χ4v) is 3.43. The Kier molecular flexibility index (Phi) is 4.70. The van der Waals surface area contributed by atoms with Crippen molar-refractivity contribution in [3.05, 3.63) is 35.9 Å². The van der Waals surface area contributed by atoms with Crippen molar-refractivity contribution in [3.8, 4) is 0 Å². The maximum atomic E-state index is 12.2. The minimum absolute atomic E-state index is 0.398. The Morgan fingerprint density at radius 2 is 1.70 bits per heavy atom. The van der Waals surface area contributed by atoms with E-state index in [9.17, 15) is 9.59 Å². The SMILES string of the molecule is O=C1OC2(CCCCC2)OC(=O)C1=NNC1=NN=C(Cc2ccccc2)C1. The number of benzene rings is 1. The van der Waals surface area contributed by atoms with Crippen molar-refractivity contribution in [2.24, 2.45) is 15.3 Å². The van der Waals surface area contributed by atoms with E-state index in [2.05, 4.69) is 20.7 Å². The Labute approximate surface area is 156 Å². The molecule has 1 N–H and O–H groups in total. The number of nitrogens with zero attached hydrogens (tertiary/aromatic N) is 3. The number of esters is 2. The number of hydrogen-bond acceptors (Lipinski definition) is 8. The fraction of sp³-hybridized carbons (Fsp3) is 0.421. The van der Waals surface area contributed by atoms with Gasteiger partial charge in [-0.2, -0.15) is 10.2 Å². The van der Waals surface area contributed by atoms with Gasteiger partial charge in [-0.15, -0.1) is 5.10 Å². The topological polar surface area (TPSA) is 102 Å². The van der Waals surface area contributed by atoms with Crippen LogP contribution in [0.1, 0.15) is 44.1 Å². The van der Waals surface area contributed by atoms with Gasteiger partial charge in [-0.1, -0.05) is 36.8 Å². The van der Waals surface area contributed by atoms with Crippen LogP contribution in [0.15, 0.2) is 45.6 Å². The van der Waals surface area contributed by atoms with Crippen molar-refractivity contribution >= 4 is 29.2 Å². The predicted molar refractivity (Wildman–Crippen MR) is 98.2 cm³/mol. The minimum atomic E-state index is -1.11. The molecule has 1 saturated carbocycles. The van der Waals surface area contributed by atoms with Crippen LogP contribution in [-0.4, -0.2) is 35.0 Å². The lowest BCUT2D eigenvalue weighted by Crippen LogP contribution is -2.51. The molecule has 3 aliphatic rings. The van der Waals surface area contributed by atoms with Gasteiger partial charge in [-0.25, -0.2) is 9.59 Å². The summed E-state index contributed by atoms with van der Waals surface area (Å²) in [6.45, 7) is 0. The first-order chi connectivity index (χ1) is 13.1. The second kappa shape index (κ2) is 7.30. The molecule has 0 unspecified atom stereocenters. The zero-order chi connectivity index (χ0) is 18.7. The second-order valence-electron chi connectivity index (χ2n) is 6.87. The van der Waals surface area contributed by atoms with Crippen LogP contribution in [0.3, 0.4) is 0 Å². The normalized spacial score (nSPS) is 21.3. The van der Waals surface area contributed by atoms with E-state index < -0.39 is 23.4 Å². The number of amidine groups is 1. The molecule has 1 aliphatic carbocycles. The molecule has 8 heteroatoms. The van der Waals surface area contributed by atoms with E-state index in [0.29, 0.717) is 31.5 Å². The molecule has 0 bridgehead atoms. The number of nitrogens with one attached hydrogen (secondary N) is 1. The lowest BCUT2D eigenvalue weighted by atomic mass is 9.93. The Bertz CT molecular complexity index is 817. The molecule has 1 spiro atoms. The molecular formula is C19H20N4O4. The molecule has 0 amide bonds. The summed E-state index contributed by atoms with van der Waals surface area (Å²) in [7, 11) is 0. The third-order valence-electron chi connectivity index (χ3n) is 4.79. The van der Waals surface area contributed by atoms with Crippen LogP contribution in [0.4, 0.5) is 0 Å². The molecule has 0 atom stereocenters. The minimum Gasteiger partial charge on any atom is -0.417 e. The number of carbonyl (C=O) groups excluding carboxylic acids is 2. The quantitative estimate of drug-likeness (QED) is 0.650. The average molecular weight is 368 g/mol. The van der Waals surface area contributed by atoms with Gasteiger partial charge in [0.05, 0.1) is 5.71 Å². The smallest absolute Gasteiger partial charge is 0.369 e. The molecule has 2 fully saturated rings. The number of carbonyl (C=O) groups is 2. The van der Waals surface area contributed by atoms with Crippen molar-refractivity contribution in [1.82, 2.24) is 5.43 Å². The Balaban J connectivity index is 1.34. The Hall–Kier alpha value is -3.03. The van der Waals surface area contributed by atoms with Crippen molar-refractivity contribution in [3.63, 3.8) is 0 Å². The van der Waals surface area contributed by atoms with Crippen LogP contribution in [0, 0.1) is 0 Å². The molecule has 8 nitrogen and oxygen atoms in total. The second-order valence-corrected chi connectivity index (χ2v) is 6.87. The van der Waals surface area contributed by atoms with Crippen molar-refractivity contribution in [2.45, 2.75) is 50.7 Å². The van der Waals surface area contributed by atoms with E-state index in [1.165, 1.54) is 0 Å². The Morgan fingerprint density at radius 1 is 1.00 bits per heavy atom. The maximum absolute atomic E-state index is 12.2. The van der Waals surface area contributed by atoms with E-state index in [1.54, 1.807) is 0 Å². The number of rotatable bonds is 3. The molecular weight excluding hydrogens is 348 g/mol. The maximum Gasteiger partial charge on any atom is 0.369 e. The first kappa shape index (κ1) is 17.4. The molecule has 4 rings (SSSR count). The highest BCUT2D eigenvalue weighted by molar-refractivity contribution is 6.63. The standard InChI is InChI=1S/C19H20N4O4/c24-17-16(18(25)27-19(26-17)9-5-2-6-10-19)23-22-15-12-14(20-21-15)11-13-7-3-1-4-8-13/h1,3-4,7-8H,2,5-6,9-12H2,(H,21,22).